The van der Waals surface area contributed by atoms with Crippen molar-refractivity contribution in [1.82, 2.24) is 4.73 Å². The Balaban J connectivity index is 2.01. The average molecular weight is 376 g/mol. The maximum absolute atomic E-state index is 13.0. The molecule has 2 aromatic carbocycles. The Labute approximate surface area is 162 Å². The highest BCUT2D eigenvalue weighted by Crippen LogP contribution is 2.22. The summed E-state index contributed by atoms with van der Waals surface area (Å²) in [6, 6.07) is 19.9. The fraction of sp³-hybridized carbons (Fsp3) is 0.136. The molecule has 3 aromatic rings. The molecule has 2 N–H and O–H groups in total. The van der Waals surface area contributed by atoms with Gasteiger partial charge in [-0.15, -0.1) is 4.73 Å². The molecule has 0 unspecified atom stereocenters. The minimum absolute atomic E-state index is 0.0605. The van der Waals surface area contributed by atoms with E-state index < -0.39 is 17.3 Å². The van der Waals surface area contributed by atoms with Gasteiger partial charge >= 0.3 is 5.97 Å². The molecule has 3 rings (SSSR count). The van der Waals surface area contributed by atoms with E-state index in [1.807, 2.05) is 36.4 Å². The number of hydrogen-bond acceptors (Lipinski definition) is 5. The Morgan fingerprint density at radius 2 is 1.61 bits per heavy atom. The molecule has 28 heavy (non-hydrogen) atoms. The van der Waals surface area contributed by atoms with E-state index in [1.54, 1.807) is 24.3 Å². The first-order valence-corrected chi connectivity index (χ1v) is 8.84. The Kier molecular flexibility index (Phi) is 5.69. The second-order valence-electron chi connectivity index (χ2n) is 6.32. The number of pyridine rings is 1. The molecule has 1 heterocycles. The third kappa shape index (κ3) is 4.17. The zero-order valence-corrected chi connectivity index (χ0v) is 15.4. The minimum Gasteiger partial charge on any atom is -0.398 e. The Hall–Kier alpha value is -3.67. The highest BCUT2D eigenvalue weighted by Gasteiger charge is 2.21. The van der Waals surface area contributed by atoms with Gasteiger partial charge in [0.2, 0.25) is 0 Å². The Bertz CT molecular complexity index is 1060. The molecular formula is C22H20N2O4. The number of nitrogen functional groups attached to an aromatic ring is 1. The second kappa shape index (κ2) is 8.35. The average Bonchev–Trinajstić information content (AvgIpc) is 2.69. The Morgan fingerprint density at radius 3 is 2.21 bits per heavy atom. The topological polar surface area (TPSA) is 91.4 Å². The van der Waals surface area contributed by atoms with Crippen molar-refractivity contribution in [3.63, 3.8) is 0 Å². The highest BCUT2D eigenvalue weighted by atomic mass is 16.7. The van der Waals surface area contributed by atoms with Crippen LogP contribution in [0.3, 0.4) is 0 Å². The van der Waals surface area contributed by atoms with Crippen LogP contribution in [-0.2, 0) is 11.2 Å². The fourth-order valence-electron chi connectivity index (χ4n) is 2.95. The number of ketones is 1. The van der Waals surface area contributed by atoms with Crippen molar-refractivity contribution in [1.29, 1.82) is 0 Å². The van der Waals surface area contributed by atoms with Gasteiger partial charge in [-0.1, -0.05) is 60.7 Å². The Morgan fingerprint density at radius 1 is 1.00 bits per heavy atom. The lowest BCUT2D eigenvalue weighted by atomic mass is 10.0. The van der Waals surface area contributed by atoms with Crippen LogP contribution in [0.1, 0.15) is 29.3 Å². The van der Waals surface area contributed by atoms with Gasteiger partial charge in [0.15, 0.2) is 5.78 Å². The zero-order chi connectivity index (χ0) is 20.1. The largest absolute Gasteiger partial charge is 0.398 e. The normalized spacial score (nSPS) is 10.5. The van der Waals surface area contributed by atoms with Crippen molar-refractivity contribution in [3.05, 3.63) is 88.2 Å². The van der Waals surface area contributed by atoms with E-state index in [1.165, 1.54) is 13.0 Å². The molecule has 0 saturated heterocycles. The van der Waals surface area contributed by atoms with Crippen LogP contribution in [0, 0.1) is 0 Å². The van der Waals surface area contributed by atoms with Gasteiger partial charge in [-0.2, -0.15) is 0 Å². The van der Waals surface area contributed by atoms with Gasteiger partial charge < -0.3 is 10.6 Å². The van der Waals surface area contributed by atoms with Gasteiger partial charge in [-0.05, 0) is 18.1 Å². The first-order chi connectivity index (χ1) is 13.5. The van der Waals surface area contributed by atoms with Crippen LogP contribution < -0.4 is 16.1 Å². The molecule has 0 spiro atoms. The summed E-state index contributed by atoms with van der Waals surface area (Å²) in [5, 5.41) is 0. The number of hydrogen-bond donors (Lipinski definition) is 1. The predicted molar refractivity (Wildman–Crippen MR) is 107 cm³/mol. The first kappa shape index (κ1) is 19.1. The quantitative estimate of drug-likeness (QED) is 0.668. The number of nitrogens with two attached hydrogens (primary N) is 1. The minimum atomic E-state index is -0.743. The van der Waals surface area contributed by atoms with E-state index in [-0.39, 0.29) is 17.7 Å². The monoisotopic (exact) mass is 376 g/mol. The maximum Gasteiger partial charge on any atom is 0.330 e. The number of aromatic nitrogens is 1. The molecule has 1 aromatic heterocycles. The second-order valence-corrected chi connectivity index (χ2v) is 6.32. The summed E-state index contributed by atoms with van der Waals surface area (Å²) < 4.78 is 0.837. The van der Waals surface area contributed by atoms with Crippen molar-refractivity contribution in [2.45, 2.75) is 19.8 Å². The molecule has 0 aliphatic carbocycles. The number of Topliss-reactive ketones (excluding diaryl/α,β-unsaturated/α-hetero) is 1. The summed E-state index contributed by atoms with van der Waals surface area (Å²) in [6.07, 6.45) is 0.598. The van der Waals surface area contributed by atoms with Crippen LogP contribution in [-0.4, -0.2) is 16.5 Å². The first-order valence-electron chi connectivity index (χ1n) is 8.84. The van der Waals surface area contributed by atoms with Crippen LogP contribution in [0.2, 0.25) is 0 Å². The summed E-state index contributed by atoms with van der Waals surface area (Å²) in [4.78, 5) is 42.3. The van der Waals surface area contributed by atoms with Crippen LogP contribution in [0.4, 0.5) is 5.69 Å². The van der Waals surface area contributed by atoms with Gasteiger partial charge in [0, 0.05) is 18.9 Å². The molecule has 0 fully saturated rings. The van der Waals surface area contributed by atoms with Gasteiger partial charge in [-0.25, -0.2) is 4.79 Å². The molecular weight excluding hydrogens is 356 g/mol. The molecule has 0 radical (unpaired) electrons. The summed E-state index contributed by atoms with van der Waals surface area (Å²) >= 11 is 0. The third-order valence-corrected chi connectivity index (χ3v) is 4.25. The predicted octanol–water partition coefficient (Wildman–Crippen LogP) is 2.89. The molecule has 0 atom stereocenters. The molecule has 0 amide bonds. The number of aryl methyl sites for hydroxylation is 1. The highest BCUT2D eigenvalue weighted by molar-refractivity contribution is 6.01. The number of carbonyl (C=O) groups is 2. The summed E-state index contributed by atoms with van der Waals surface area (Å²) in [6.45, 7) is 1.19. The molecule has 0 aliphatic rings. The van der Waals surface area contributed by atoms with Crippen molar-refractivity contribution in [2.75, 3.05) is 5.73 Å². The number of carbonyl (C=O) groups excluding carboxylic acids is 2. The van der Waals surface area contributed by atoms with Crippen LogP contribution in [0.5, 0.6) is 0 Å². The summed E-state index contributed by atoms with van der Waals surface area (Å²) in [5.41, 5.74) is 7.12. The van der Waals surface area contributed by atoms with Crippen LogP contribution in [0.15, 0.2) is 71.5 Å². The van der Waals surface area contributed by atoms with Crippen molar-refractivity contribution in [2.24, 2.45) is 0 Å². The number of nitrogens with zero attached hydrogens (tertiary/aromatic N) is 1. The van der Waals surface area contributed by atoms with E-state index in [0.717, 1.165) is 10.3 Å². The SMILES string of the molecule is CC(=O)On1c(-c2ccccc2)cc(N)c(C(=O)CCc2ccccc2)c1=O. The van der Waals surface area contributed by atoms with Crippen LogP contribution in [0.25, 0.3) is 11.3 Å². The maximum atomic E-state index is 13.0. The van der Waals surface area contributed by atoms with Gasteiger partial charge in [0.25, 0.3) is 5.56 Å². The summed E-state index contributed by atoms with van der Waals surface area (Å²) in [5.74, 6) is -1.07. The van der Waals surface area contributed by atoms with Crippen molar-refractivity contribution < 1.29 is 14.4 Å². The van der Waals surface area contributed by atoms with Gasteiger partial charge in [-0.3, -0.25) is 9.59 Å². The van der Waals surface area contributed by atoms with E-state index in [0.29, 0.717) is 17.7 Å². The molecule has 0 saturated carbocycles. The van der Waals surface area contributed by atoms with E-state index in [2.05, 4.69) is 0 Å². The number of anilines is 1. The lowest BCUT2D eigenvalue weighted by molar-refractivity contribution is -0.141. The molecule has 6 heteroatoms. The van der Waals surface area contributed by atoms with E-state index >= 15 is 0 Å². The standard InChI is InChI=1S/C22H20N2O4/c1-15(25)28-24-19(17-10-6-3-7-11-17)14-18(23)21(22(24)27)20(26)13-12-16-8-4-2-5-9-16/h2-11,14H,12-13,23H2,1H3. The third-order valence-electron chi connectivity index (χ3n) is 4.25. The molecule has 142 valence electrons. The lowest BCUT2D eigenvalue weighted by Crippen LogP contribution is -2.35. The smallest absolute Gasteiger partial charge is 0.330 e. The lowest BCUT2D eigenvalue weighted by Gasteiger charge is -2.15. The van der Waals surface area contributed by atoms with Crippen molar-refractivity contribution >= 4 is 17.4 Å². The van der Waals surface area contributed by atoms with Gasteiger partial charge in [0.1, 0.15) is 5.56 Å². The number of rotatable bonds is 6. The molecule has 0 aliphatic heterocycles. The molecule has 0 bridgehead atoms. The fourth-order valence-corrected chi connectivity index (χ4v) is 2.95. The van der Waals surface area contributed by atoms with Gasteiger partial charge in [0.05, 0.1) is 11.4 Å². The summed E-state index contributed by atoms with van der Waals surface area (Å²) in [7, 11) is 0. The zero-order valence-electron chi connectivity index (χ0n) is 15.4. The van der Waals surface area contributed by atoms with Crippen LogP contribution >= 0.6 is 0 Å². The van der Waals surface area contributed by atoms with E-state index in [9.17, 15) is 14.4 Å². The van der Waals surface area contributed by atoms with E-state index in [4.69, 9.17) is 10.6 Å². The molecule has 6 nitrogen and oxygen atoms in total. The number of benzene rings is 2. The van der Waals surface area contributed by atoms with Crippen molar-refractivity contribution in [3.8, 4) is 11.3 Å².